The number of fused-ring (bicyclic) bond motifs is 1. The van der Waals surface area contributed by atoms with E-state index in [0.29, 0.717) is 22.0 Å². The topological polar surface area (TPSA) is 55.4 Å². The van der Waals surface area contributed by atoms with Crippen LogP contribution in [-0.2, 0) is 4.79 Å². The molecule has 1 unspecified atom stereocenters. The minimum atomic E-state index is -0.223. The van der Waals surface area contributed by atoms with Gasteiger partial charge in [-0.2, -0.15) is 0 Å². The Morgan fingerprint density at radius 2 is 2.28 bits per heavy atom. The van der Waals surface area contributed by atoms with E-state index in [0.717, 1.165) is 6.42 Å². The highest BCUT2D eigenvalue weighted by atomic mass is 35.5. The van der Waals surface area contributed by atoms with Crippen molar-refractivity contribution in [1.82, 2.24) is 0 Å². The van der Waals surface area contributed by atoms with E-state index in [1.807, 2.05) is 13.8 Å². The molecule has 4 nitrogen and oxygen atoms in total. The normalized spacial score (nSPS) is 15.4. The van der Waals surface area contributed by atoms with Gasteiger partial charge in [-0.25, -0.2) is 0 Å². The number of carbonyl (C=O) groups excluding carboxylic acids is 2. The lowest BCUT2D eigenvalue weighted by molar-refractivity contribution is -0.118. The Hall–Kier alpha value is -1.55. The average Bonchev–Trinajstić information content (AvgIpc) is 2.36. The number of hydrogen-bond acceptors (Lipinski definition) is 3. The molecule has 1 aromatic rings. The molecular formula is C13H14ClNO3. The molecule has 1 aromatic carbocycles. The number of ether oxygens (including phenoxy) is 1. The molecular weight excluding hydrogens is 254 g/mol. The van der Waals surface area contributed by atoms with Gasteiger partial charge in [0.2, 0.25) is 0 Å². The van der Waals surface area contributed by atoms with Crippen LogP contribution in [0.5, 0.6) is 5.75 Å². The van der Waals surface area contributed by atoms with Crippen LogP contribution in [0.25, 0.3) is 0 Å². The summed E-state index contributed by atoms with van der Waals surface area (Å²) in [5, 5.41) is 2.99. The first kappa shape index (κ1) is 12.9. The van der Waals surface area contributed by atoms with Crippen molar-refractivity contribution in [1.29, 1.82) is 0 Å². The first-order valence-corrected chi connectivity index (χ1v) is 6.21. The quantitative estimate of drug-likeness (QED) is 0.857. The molecule has 0 spiro atoms. The van der Waals surface area contributed by atoms with Crippen molar-refractivity contribution >= 4 is 29.0 Å². The lowest BCUT2D eigenvalue weighted by atomic mass is 9.96. The Kier molecular flexibility index (Phi) is 3.57. The third-order valence-corrected chi connectivity index (χ3v) is 3.34. The van der Waals surface area contributed by atoms with Gasteiger partial charge >= 0.3 is 0 Å². The van der Waals surface area contributed by atoms with Crippen LogP contribution in [0.2, 0.25) is 5.02 Å². The lowest BCUT2D eigenvalue weighted by Crippen LogP contribution is -2.25. The molecule has 2 rings (SSSR count). The highest BCUT2D eigenvalue weighted by Gasteiger charge is 2.22. The van der Waals surface area contributed by atoms with E-state index in [4.69, 9.17) is 16.3 Å². The van der Waals surface area contributed by atoms with Gasteiger partial charge in [0, 0.05) is 11.5 Å². The molecule has 1 aliphatic heterocycles. The number of nitrogens with one attached hydrogen (secondary N) is 1. The molecule has 1 N–H and O–H groups in total. The van der Waals surface area contributed by atoms with E-state index in [-0.39, 0.29) is 24.2 Å². The molecule has 1 amide bonds. The predicted octanol–water partition coefficient (Wildman–Crippen LogP) is 2.90. The minimum Gasteiger partial charge on any atom is -0.482 e. The fourth-order valence-corrected chi connectivity index (χ4v) is 2.00. The average molecular weight is 268 g/mol. The Morgan fingerprint density at radius 1 is 1.56 bits per heavy atom. The third-order valence-electron chi connectivity index (χ3n) is 3.03. The Labute approximate surface area is 110 Å². The van der Waals surface area contributed by atoms with Crippen molar-refractivity contribution < 1.29 is 14.3 Å². The van der Waals surface area contributed by atoms with Gasteiger partial charge in [-0.1, -0.05) is 25.4 Å². The largest absolute Gasteiger partial charge is 0.482 e. The van der Waals surface area contributed by atoms with Crippen molar-refractivity contribution in [2.75, 3.05) is 11.9 Å². The van der Waals surface area contributed by atoms with Gasteiger partial charge in [-0.05, 0) is 18.6 Å². The van der Waals surface area contributed by atoms with E-state index >= 15 is 0 Å². The van der Waals surface area contributed by atoms with Crippen molar-refractivity contribution in [3.8, 4) is 5.75 Å². The second-order valence-corrected chi connectivity index (χ2v) is 4.75. The number of amides is 1. The van der Waals surface area contributed by atoms with E-state index in [1.165, 1.54) is 0 Å². The standard InChI is InChI=1S/C13H14ClNO3/c1-3-7(2)13(17)8-4-11-10(5-9(8)14)15-12(16)6-18-11/h4-5,7H,3,6H2,1-2H3,(H,15,16). The SMILES string of the molecule is CCC(C)C(=O)c1cc2c(cc1Cl)NC(=O)CO2. The fraction of sp³-hybridized carbons (Fsp3) is 0.385. The van der Waals surface area contributed by atoms with Crippen LogP contribution in [0, 0.1) is 5.92 Å². The van der Waals surface area contributed by atoms with E-state index in [2.05, 4.69) is 5.32 Å². The predicted molar refractivity (Wildman–Crippen MR) is 69.4 cm³/mol. The molecule has 18 heavy (non-hydrogen) atoms. The molecule has 0 saturated heterocycles. The van der Waals surface area contributed by atoms with Gasteiger partial charge < -0.3 is 10.1 Å². The zero-order chi connectivity index (χ0) is 13.3. The molecule has 0 bridgehead atoms. The maximum atomic E-state index is 12.1. The summed E-state index contributed by atoms with van der Waals surface area (Å²) in [5.74, 6) is 0.176. The smallest absolute Gasteiger partial charge is 0.262 e. The van der Waals surface area contributed by atoms with Crippen LogP contribution >= 0.6 is 11.6 Å². The molecule has 1 atom stereocenters. The summed E-state index contributed by atoms with van der Waals surface area (Å²) in [7, 11) is 0. The molecule has 0 saturated carbocycles. The number of ketones is 1. The lowest BCUT2D eigenvalue weighted by Gasteiger charge is -2.19. The van der Waals surface area contributed by atoms with Crippen LogP contribution in [0.1, 0.15) is 30.6 Å². The van der Waals surface area contributed by atoms with Gasteiger partial charge in [-0.3, -0.25) is 9.59 Å². The fourth-order valence-electron chi connectivity index (χ4n) is 1.74. The first-order chi connectivity index (χ1) is 8.52. The van der Waals surface area contributed by atoms with Crippen LogP contribution in [-0.4, -0.2) is 18.3 Å². The molecule has 1 aliphatic rings. The van der Waals surface area contributed by atoms with Gasteiger partial charge in [0.05, 0.1) is 10.7 Å². The molecule has 0 fully saturated rings. The van der Waals surface area contributed by atoms with Crippen molar-refractivity contribution in [2.45, 2.75) is 20.3 Å². The van der Waals surface area contributed by atoms with Gasteiger partial charge in [-0.15, -0.1) is 0 Å². The number of anilines is 1. The van der Waals surface area contributed by atoms with Crippen LogP contribution in [0.3, 0.4) is 0 Å². The number of Topliss-reactive ketones (excluding diaryl/α,β-unsaturated/α-hetero) is 1. The number of benzene rings is 1. The number of carbonyl (C=O) groups is 2. The van der Waals surface area contributed by atoms with Gasteiger partial charge in [0.1, 0.15) is 5.75 Å². The van der Waals surface area contributed by atoms with Gasteiger partial charge in [0.15, 0.2) is 12.4 Å². The van der Waals surface area contributed by atoms with Gasteiger partial charge in [0.25, 0.3) is 5.91 Å². The summed E-state index contributed by atoms with van der Waals surface area (Å²) in [4.78, 5) is 23.3. The summed E-state index contributed by atoms with van der Waals surface area (Å²) in [6.07, 6.45) is 0.754. The Bertz CT molecular complexity index is 513. The second kappa shape index (κ2) is 4.98. The van der Waals surface area contributed by atoms with E-state index in [9.17, 15) is 9.59 Å². The molecule has 0 radical (unpaired) electrons. The first-order valence-electron chi connectivity index (χ1n) is 5.83. The third kappa shape index (κ3) is 2.34. The highest BCUT2D eigenvalue weighted by molar-refractivity contribution is 6.34. The van der Waals surface area contributed by atoms with E-state index in [1.54, 1.807) is 12.1 Å². The zero-order valence-corrected chi connectivity index (χ0v) is 11.0. The summed E-state index contributed by atoms with van der Waals surface area (Å²) in [6.45, 7) is 3.78. The molecule has 96 valence electrons. The van der Waals surface area contributed by atoms with Crippen LogP contribution in [0.4, 0.5) is 5.69 Å². The van der Waals surface area contributed by atoms with Crippen LogP contribution in [0.15, 0.2) is 12.1 Å². The van der Waals surface area contributed by atoms with E-state index < -0.39 is 0 Å². The Balaban J connectivity index is 2.39. The molecule has 5 heteroatoms. The van der Waals surface area contributed by atoms with Crippen LogP contribution < -0.4 is 10.1 Å². The molecule has 1 heterocycles. The van der Waals surface area contributed by atoms with Crippen molar-refractivity contribution in [3.63, 3.8) is 0 Å². The second-order valence-electron chi connectivity index (χ2n) is 4.34. The summed E-state index contributed by atoms with van der Waals surface area (Å²) < 4.78 is 5.27. The maximum absolute atomic E-state index is 12.1. The summed E-state index contributed by atoms with van der Waals surface area (Å²) in [5.41, 5.74) is 0.956. The monoisotopic (exact) mass is 267 g/mol. The highest BCUT2D eigenvalue weighted by Crippen LogP contribution is 2.34. The number of hydrogen-bond donors (Lipinski definition) is 1. The number of halogens is 1. The maximum Gasteiger partial charge on any atom is 0.262 e. The van der Waals surface area contributed by atoms with Crippen molar-refractivity contribution in [3.05, 3.63) is 22.7 Å². The summed E-state index contributed by atoms with van der Waals surface area (Å²) >= 11 is 6.08. The van der Waals surface area contributed by atoms with Crippen molar-refractivity contribution in [2.24, 2.45) is 5.92 Å². The zero-order valence-electron chi connectivity index (χ0n) is 10.2. The minimum absolute atomic E-state index is 0.00852. The summed E-state index contributed by atoms with van der Waals surface area (Å²) in [6, 6.07) is 3.16. The Morgan fingerprint density at radius 3 is 2.94 bits per heavy atom. The molecule has 0 aliphatic carbocycles. The molecule has 0 aromatic heterocycles. The number of rotatable bonds is 3.